The molecule has 108 valence electrons. The van der Waals surface area contributed by atoms with E-state index in [1.165, 1.54) is 5.56 Å². The summed E-state index contributed by atoms with van der Waals surface area (Å²) in [5.74, 6) is 2.36. The van der Waals surface area contributed by atoms with Gasteiger partial charge in [0.2, 0.25) is 0 Å². The van der Waals surface area contributed by atoms with E-state index in [-0.39, 0.29) is 0 Å². The summed E-state index contributed by atoms with van der Waals surface area (Å²) < 4.78 is 1.78. The maximum Gasteiger partial charge on any atom is 0.254 e. The summed E-state index contributed by atoms with van der Waals surface area (Å²) in [6.07, 6.45) is 0.713. The summed E-state index contributed by atoms with van der Waals surface area (Å²) in [6.45, 7) is 6.17. The van der Waals surface area contributed by atoms with Crippen molar-refractivity contribution in [3.8, 4) is 0 Å². The number of aryl methyl sites for hydroxylation is 1. The highest BCUT2D eigenvalue weighted by Crippen LogP contribution is 2.14. The van der Waals surface area contributed by atoms with E-state index < -0.39 is 0 Å². The Kier molecular flexibility index (Phi) is 3.56. The molecule has 3 aromatic rings. The Labute approximate surface area is 124 Å². The Bertz CT molecular complexity index is 746. The van der Waals surface area contributed by atoms with Crippen LogP contribution in [0.3, 0.4) is 0 Å². The number of benzene rings is 1. The molecule has 1 aromatic carbocycles. The number of hydrogen-bond acceptors (Lipinski definition) is 4. The maximum atomic E-state index is 4.58. The molecular formula is C16H19N5. The zero-order chi connectivity index (χ0) is 14.8. The van der Waals surface area contributed by atoms with Crippen molar-refractivity contribution in [3.63, 3.8) is 0 Å². The second-order valence-corrected chi connectivity index (χ2v) is 5.48. The molecule has 2 heterocycles. The Balaban J connectivity index is 1.99. The first-order valence-electron chi connectivity index (χ1n) is 7.15. The maximum absolute atomic E-state index is 4.58. The van der Waals surface area contributed by atoms with Crippen LogP contribution in [0.15, 0.2) is 36.4 Å². The largest absolute Gasteiger partial charge is 0.368 e. The molecule has 0 unspecified atom stereocenters. The van der Waals surface area contributed by atoms with Gasteiger partial charge in [-0.25, -0.2) is 4.98 Å². The van der Waals surface area contributed by atoms with Gasteiger partial charge in [-0.05, 0) is 26.3 Å². The van der Waals surface area contributed by atoms with E-state index in [0.717, 1.165) is 17.3 Å². The van der Waals surface area contributed by atoms with Crippen molar-refractivity contribution in [2.24, 2.45) is 0 Å². The van der Waals surface area contributed by atoms with Gasteiger partial charge in [-0.3, -0.25) is 0 Å². The normalized spacial score (nSPS) is 11.2. The molecule has 0 radical (unpaired) electrons. The fourth-order valence-corrected chi connectivity index (χ4v) is 2.28. The van der Waals surface area contributed by atoms with E-state index in [1.54, 1.807) is 4.52 Å². The van der Waals surface area contributed by atoms with Crippen molar-refractivity contribution in [1.29, 1.82) is 0 Å². The van der Waals surface area contributed by atoms with Gasteiger partial charge in [0.05, 0.1) is 0 Å². The lowest BCUT2D eigenvalue weighted by atomic mass is 10.1. The zero-order valence-electron chi connectivity index (χ0n) is 12.5. The first-order valence-corrected chi connectivity index (χ1v) is 7.15. The number of rotatable bonds is 4. The van der Waals surface area contributed by atoms with Crippen molar-refractivity contribution in [2.75, 3.05) is 5.32 Å². The third-order valence-corrected chi connectivity index (χ3v) is 3.13. The number of nitrogens with zero attached hydrogens (tertiary/aromatic N) is 4. The smallest absolute Gasteiger partial charge is 0.254 e. The number of aromatic nitrogens is 4. The average Bonchev–Trinajstić information content (AvgIpc) is 2.81. The molecule has 2 aromatic heterocycles. The first kappa shape index (κ1) is 13.5. The van der Waals surface area contributed by atoms with E-state index in [1.807, 2.05) is 31.2 Å². The summed E-state index contributed by atoms with van der Waals surface area (Å²) in [7, 11) is 0. The van der Waals surface area contributed by atoms with Gasteiger partial charge in [0, 0.05) is 24.2 Å². The minimum absolute atomic E-state index is 0.330. The molecule has 21 heavy (non-hydrogen) atoms. The van der Waals surface area contributed by atoms with Crippen molar-refractivity contribution in [1.82, 2.24) is 19.6 Å². The van der Waals surface area contributed by atoms with Crippen LogP contribution in [0.2, 0.25) is 0 Å². The molecular weight excluding hydrogens is 262 g/mol. The second kappa shape index (κ2) is 5.52. The quantitative estimate of drug-likeness (QED) is 0.799. The summed E-state index contributed by atoms with van der Waals surface area (Å²) >= 11 is 0. The highest BCUT2D eigenvalue weighted by Gasteiger charge is 2.11. The molecule has 5 heteroatoms. The van der Waals surface area contributed by atoms with Crippen molar-refractivity contribution >= 4 is 11.6 Å². The topological polar surface area (TPSA) is 55.1 Å². The van der Waals surface area contributed by atoms with Crippen molar-refractivity contribution in [3.05, 3.63) is 53.5 Å². The molecule has 1 N–H and O–H groups in total. The number of anilines is 1. The van der Waals surface area contributed by atoms with Crippen LogP contribution in [0.1, 0.15) is 30.9 Å². The SMILES string of the molecule is Cc1cc(NC(C)C)n2nc(Cc3ccccc3)nc2n1. The minimum Gasteiger partial charge on any atom is -0.368 e. The van der Waals surface area contributed by atoms with Gasteiger partial charge >= 0.3 is 0 Å². The number of fused-ring (bicyclic) bond motifs is 1. The monoisotopic (exact) mass is 281 g/mol. The van der Waals surface area contributed by atoms with Crippen LogP contribution >= 0.6 is 0 Å². The summed E-state index contributed by atoms with van der Waals surface area (Å²) in [5.41, 5.74) is 2.13. The predicted octanol–water partition coefficient (Wildman–Crippen LogP) is 2.84. The standard InChI is InChI=1S/C16H19N5/c1-11(2)17-15-9-12(3)18-16-19-14(20-21(15)16)10-13-7-5-4-6-8-13/h4-9,11,17H,10H2,1-3H3. The van der Waals surface area contributed by atoms with Gasteiger partial charge in [-0.1, -0.05) is 30.3 Å². The molecule has 0 spiro atoms. The van der Waals surface area contributed by atoms with Crippen LogP contribution < -0.4 is 5.32 Å². The highest BCUT2D eigenvalue weighted by molar-refractivity contribution is 5.46. The molecule has 0 aliphatic heterocycles. The molecule has 0 saturated carbocycles. The molecule has 0 bridgehead atoms. The average molecular weight is 281 g/mol. The summed E-state index contributed by atoms with van der Waals surface area (Å²) in [4.78, 5) is 8.99. The Morgan fingerprint density at radius 3 is 2.62 bits per heavy atom. The summed E-state index contributed by atoms with van der Waals surface area (Å²) in [5, 5.41) is 7.97. The fourth-order valence-electron chi connectivity index (χ4n) is 2.28. The van der Waals surface area contributed by atoms with Crippen LogP contribution in [0.4, 0.5) is 5.82 Å². The van der Waals surface area contributed by atoms with Crippen LogP contribution in [-0.2, 0) is 6.42 Å². The molecule has 0 aliphatic carbocycles. The molecule has 0 amide bonds. The van der Waals surface area contributed by atoms with E-state index in [2.05, 4.69) is 46.4 Å². The fraction of sp³-hybridized carbons (Fsp3) is 0.312. The molecule has 0 atom stereocenters. The Morgan fingerprint density at radius 2 is 1.90 bits per heavy atom. The Morgan fingerprint density at radius 1 is 1.14 bits per heavy atom. The van der Waals surface area contributed by atoms with E-state index >= 15 is 0 Å². The van der Waals surface area contributed by atoms with Gasteiger partial charge < -0.3 is 5.32 Å². The molecule has 5 nitrogen and oxygen atoms in total. The van der Waals surface area contributed by atoms with Gasteiger partial charge in [0.15, 0.2) is 5.82 Å². The summed E-state index contributed by atoms with van der Waals surface area (Å²) in [6, 6.07) is 12.6. The zero-order valence-corrected chi connectivity index (χ0v) is 12.5. The third-order valence-electron chi connectivity index (χ3n) is 3.13. The lowest BCUT2D eigenvalue weighted by Crippen LogP contribution is -2.14. The van der Waals surface area contributed by atoms with Crippen LogP contribution in [0.25, 0.3) is 5.78 Å². The second-order valence-electron chi connectivity index (χ2n) is 5.48. The van der Waals surface area contributed by atoms with Crippen molar-refractivity contribution in [2.45, 2.75) is 33.2 Å². The van der Waals surface area contributed by atoms with Crippen molar-refractivity contribution < 1.29 is 0 Å². The third kappa shape index (κ3) is 3.02. The first-order chi connectivity index (χ1) is 10.1. The minimum atomic E-state index is 0.330. The lowest BCUT2D eigenvalue weighted by molar-refractivity contribution is 0.836. The van der Waals surface area contributed by atoms with Gasteiger partial charge in [-0.2, -0.15) is 9.50 Å². The molecule has 0 saturated heterocycles. The molecule has 0 aliphatic rings. The van der Waals surface area contributed by atoms with Crippen LogP contribution in [0.5, 0.6) is 0 Å². The predicted molar refractivity (Wildman–Crippen MR) is 83.5 cm³/mol. The highest BCUT2D eigenvalue weighted by atomic mass is 15.4. The van der Waals surface area contributed by atoms with Crippen LogP contribution in [-0.4, -0.2) is 25.6 Å². The Hall–Kier alpha value is -2.43. The van der Waals surface area contributed by atoms with E-state index in [0.29, 0.717) is 18.2 Å². The number of nitrogens with one attached hydrogen (secondary N) is 1. The number of hydrogen-bond donors (Lipinski definition) is 1. The van der Waals surface area contributed by atoms with E-state index in [4.69, 9.17) is 0 Å². The van der Waals surface area contributed by atoms with E-state index in [9.17, 15) is 0 Å². The van der Waals surface area contributed by atoms with Crippen LogP contribution in [0, 0.1) is 6.92 Å². The lowest BCUT2D eigenvalue weighted by Gasteiger charge is -2.11. The van der Waals surface area contributed by atoms with Gasteiger partial charge in [0.1, 0.15) is 5.82 Å². The van der Waals surface area contributed by atoms with Gasteiger partial charge in [0.25, 0.3) is 5.78 Å². The van der Waals surface area contributed by atoms with Gasteiger partial charge in [-0.15, -0.1) is 5.10 Å². The molecule has 3 rings (SSSR count). The molecule has 0 fully saturated rings.